The molecular weight excluding hydrogens is 571 g/mol. The second-order valence-corrected chi connectivity index (χ2v) is 12.8. The number of rotatable bonds is 4. The van der Waals surface area contributed by atoms with Crippen LogP contribution in [0.25, 0.3) is 33.6 Å². The molecule has 0 saturated carbocycles. The first-order chi connectivity index (χ1) is 23.1. The molecule has 0 bridgehead atoms. The number of nitrogens with zero attached hydrogens (tertiary/aromatic N) is 3. The third-order valence-electron chi connectivity index (χ3n) is 9.76. The first-order valence-corrected chi connectivity index (χ1v) is 16.2. The first-order valence-electron chi connectivity index (χ1n) is 16.2. The van der Waals surface area contributed by atoms with Gasteiger partial charge >= 0.3 is 0 Å². The molecule has 224 valence electrons. The van der Waals surface area contributed by atoms with Crippen molar-refractivity contribution in [3.63, 3.8) is 0 Å². The van der Waals surface area contributed by atoms with E-state index in [0.717, 1.165) is 51.0 Å². The lowest BCUT2D eigenvalue weighted by Gasteiger charge is -2.42. The second kappa shape index (κ2) is 10.6. The zero-order valence-electron chi connectivity index (χ0n) is 26.4. The third-order valence-corrected chi connectivity index (χ3v) is 9.76. The van der Waals surface area contributed by atoms with Crippen molar-refractivity contribution in [1.82, 2.24) is 4.98 Å². The van der Waals surface area contributed by atoms with Crippen LogP contribution in [-0.2, 0) is 5.41 Å². The molecule has 0 spiro atoms. The van der Waals surface area contributed by atoms with E-state index in [1.54, 1.807) is 0 Å². The summed E-state index contributed by atoms with van der Waals surface area (Å²) in [5, 5.41) is 0. The topological polar surface area (TPSA) is 19.4 Å². The van der Waals surface area contributed by atoms with Crippen LogP contribution in [0.5, 0.6) is 0 Å². The Labute approximate surface area is 276 Å². The van der Waals surface area contributed by atoms with E-state index in [9.17, 15) is 0 Å². The zero-order chi connectivity index (χ0) is 31.5. The van der Waals surface area contributed by atoms with Gasteiger partial charge in [0.1, 0.15) is 0 Å². The van der Waals surface area contributed by atoms with Crippen molar-refractivity contribution in [3.8, 4) is 33.6 Å². The molecule has 0 amide bonds. The summed E-state index contributed by atoms with van der Waals surface area (Å²) in [4.78, 5) is 10.1. The number of aromatic nitrogens is 1. The highest BCUT2D eigenvalue weighted by Gasteiger charge is 2.42. The van der Waals surface area contributed by atoms with Crippen molar-refractivity contribution in [1.29, 1.82) is 0 Å². The molecule has 0 atom stereocenters. The van der Waals surface area contributed by atoms with Crippen LogP contribution < -0.4 is 9.80 Å². The smallest absolute Gasteiger partial charge is 0.0785 e. The fourth-order valence-corrected chi connectivity index (χ4v) is 7.54. The molecule has 1 aliphatic carbocycles. The molecule has 1 aromatic heterocycles. The van der Waals surface area contributed by atoms with E-state index >= 15 is 0 Å². The second-order valence-electron chi connectivity index (χ2n) is 12.8. The fourth-order valence-electron chi connectivity index (χ4n) is 7.54. The van der Waals surface area contributed by atoms with Crippen molar-refractivity contribution in [2.24, 2.45) is 0 Å². The Morgan fingerprint density at radius 2 is 1.04 bits per heavy atom. The van der Waals surface area contributed by atoms with Crippen LogP contribution in [0.15, 0.2) is 164 Å². The first kappa shape index (κ1) is 27.4. The van der Waals surface area contributed by atoms with Gasteiger partial charge in [-0.1, -0.05) is 123 Å². The molecular formula is C44H33N3. The average molecular weight is 604 g/mol. The summed E-state index contributed by atoms with van der Waals surface area (Å²) < 4.78 is 0. The van der Waals surface area contributed by atoms with Crippen LogP contribution >= 0.6 is 0 Å². The molecule has 6 aromatic carbocycles. The maximum Gasteiger partial charge on any atom is 0.0785 e. The molecule has 3 nitrogen and oxygen atoms in total. The summed E-state index contributed by atoms with van der Waals surface area (Å²) in [6, 6.07) is 58.7. The third kappa shape index (κ3) is 4.24. The molecule has 0 saturated heterocycles. The zero-order valence-corrected chi connectivity index (χ0v) is 26.4. The number of hydrogen-bond acceptors (Lipinski definition) is 3. The monoisotopic (exact) mass is 603 g/mol. The summed E-state index contributed by atoms with van der Waals surface area (Å²) in [7, 11) is 0. The fraction of sp³-hybridized carbons (Fsp3) is 0.0682. The van der Waals surface area contributed by atoms with Gasteiger partial charge in [0.25, 0.3) is 0 Å². The molecule has 0 N–H and O–H groups in total. The molecule has 7 aromatic rings. The van der Waals surface area contributed by atoms with Gasteiger partial charge in [-0.3, -0.25) is 0 Å². The Balaban J connectivity index is 1.34. The summed E-state index contributed by atoms with van der Waals surface area (Å²) in [6.07, 6.45) is 0. The summed E-state index contributed by atoms with van der Waals surface area (Å²) in [5.41, 5.74) is 16.2. The molecule has 9 rings (SSSR count). The lowest BCUT2D eigenvalue weighted by Crippen LogP contribution is -2.25. The predicted molar refractivity (Wildman–Crippen MR) is 196 cm³/mol. The molecule has 3 heteroatoms. The van der Waals surface area contributed by atoms with Crippen molar-refractivity contribution in [2.75, 3.05) is 9.80 Å². The Morgan fingerprint density at radius 1 is 0.447 bits per heavy atom. The van der Waals surface area contributed by atoms with Gasteiger partial charge in [-0.2, -0.15) is 0 Å². The number of pyridine rings is 1. The highest BCUT2D eigenvalue weighted by atomic mass is 15.3. The SMILES string of the molecule is CC1(C)c2ccccc2-c2c1ccc1c2N(c2ccccc2)c2cc(-c3cccc(-c4ccccc4)n3)ccc2N1c1ccccc1. The van der Waals surface area contributed by atoms with E-state index in [-0.39, 0.29) is 5.41 Å². The summed E-state index contributed by atoms with van der Waals surface area (Å²) in [5.74, 6) is 0. The van der Waals surface area contributed by atoms with Crippen LogP contribution in [-0.4, -0.2) is 4.98 Å². The van der Waals surface area contributed by atoms with Crippen LogP contribution in [0.4, 0.5) is 34.1 Å². The Kier molecular flexibility index (Phi) is 6.16. The molecule has 2 aliphatic rings. The van der Waals surface area contributed by atoms with Gasteiger partial charge in [-0.05, 0) is 71.3 Å². The normalized spacial score (nSPS) is 13.8. The minimum atomic E-state index is -0.120. The van der Waals surface area contributed by atoms with Gasteiger partial charge in [0.05, 0.1) is 34.1 Å². The quantitative estimate of drug-likeness (QED) is 0.199. The Hall–Kier alpha value is -5.93. The molecule has 0 radical (unpaired) electrons. The number of hydrogen-bond donors (Lipinski definition) is 0. The summed E-state index contributed by atoms with van der Waals surface area (Å²) >= 11 is 0. The van der Waals surface area contributed by atoms with E-state index in [0.29, 0.717) is 0 Å². The van der Waals surface area contributed by atoms with Crippen LogP contribution in [0.1, 0.15) is 25.0 Å². The number of fused-ring (bicyclic) bond motifs is 6. The van der Waals surface area contributed by atoms with Crippen molar-refractivity contribution < 1.29 is 0 Å². The van der Waals surface area contributed by atoms with Gasteiger partial charge in [-0.25, -0.2) is 4.98 Å². The lowest BCUT2D eigenvalue weighted by atomic mass is 9.82. The van der Waals surface area contributed by atoms with E-state index < -0.39 is 0 Å². The largest absolute Gasteiger partial charge is 0.306 e. The lowest BCUT2D eigenvalue weighted by molar-refractivity contribution is 0.660. The van der Waals surface area contributed by atoms with E-state index in [2.05, 4.69) is 181 Å². The highest BCUT2D eigenvalue weighted by Crippen LogP contribution is 2.62. The Bertz CT molecular complexity index is 2270. The van der Waals surface area contributed by atoms with Crippen LogP contribution in [0.2, 0.25) is 0 Å². The van der Waals surface area contributed by atoms with Crippen molar-refractivity contribution >= 4 is 34.1 Å². The minimum absolute atomic E-state index is 0.120. The average Bonchev–Trinajstić information content (AvgIpc) is 3.37. The van der Waals surface area contributed by atoms with E-state index in [1.165, 1.54) is 27.9 Å². The number of benzene rings is 6. The van der Waals surface area contributed by atoms with Gasteiger partial charge in [0.2, 0.25) is 0 Å². The Morgan fingerprint density at radius 3 is 1.77 bits per heavy atom. The van der Waals surface area contributed by atoms with E-state index in [1.807, 2.05) is 6.07 Å². The van der Waals surface area contributed by atoms with Gasteiger partial charge < -0.3 is 9.80 Å². The van der Waals surface area contributed by atoms with Gasteiger partial charge in [-0.15, -0.1) is 0 Å². The minimum Gasteiger partial charge on any atom is -0.306 e. The van der Waals surface area contributed by atoms with Crippen molar-refractivity contribution in [3.05, 3.63) is 175 Å². The summed E-state index contributed by atoms with van der Waals surface area (Å²) in [6.45, 7) is 4.71. The van der Waals surface area contributed by atoms with Crippen molar-refractivity contribution in [2.45, 2.75) is 19.3 Å². The number of para-hydroxylation sites is 2. The molecule has 0 unspecified atom stereocenters. The standard InChI is InChI=1S/C44H33N3/c1-44(2)35-22-13-12-21-34(35)42-36(44)26-28-40-43(42)47(33-19-10-5-11-20-33)41-29-31(25-27-39(41)46(40)32-17-8-4-9-18-32)38-24-14-23-37(45-38)30-15-6-3-7-16-30/h3-29H,1-2H3. The molecule has 47 heavy (non-hydrogen) atoms. The van der Waals surface area contributed by atoms with Crippen LogP contribution in [0.3, 0.4) is 0 Å². The molecule has 0 fully saturated rings. The van der Waals surface area contributed by atoms with Gasteiger partial charge in [0, 0.05) is 33.5 Å². The predicted octanol–water partition coefficient (Wildman–Crippen LogP) is 12.0. The molecule has 2 heterocycles. The highest BCUT2D eigenvalue weighted by molar-refractivity contribution is 6.09. The maximum atomic E-state index is 5.16. The number of anilines is 6. The van der Waals surface area contributed by atoms with E-state index in [4.69, 9.17) is 4.98 Å². The maximum absolute atomic E-state index is 5.16. The van der Waals surface area contributed by atoms with Crippen LogP contribution in [0, 0.1) is 0 Å². The molecule has 1 aliphatic heterocycles. The van der Waals surface area contributed by atoms with Gasteiger partial charge in [0.15, 0.2) is 0 Å².